The molecule has 4 heteroatoms. The third kappa shape index (κ3) is 3.67. The minimum absolute atomic E-state index is 0.0112. The van der Waals surface area contributed by atoms with Crippen molar-refractivity contribution in [1.82, 2.24) is 5.32 Å². The van der Waals surface area contributed by atoms with Crippen molar-refractivity contribution in [3.05, 3.63) is 56.2 Å². The first-order chi connectivity index (χ1) is 9.10. The Bertz CT molecular complexity index is 562. The number of hydrogen-bond donors (Lipinski definition) is 1. The van der Waals surface area contributed by atoms with Gasteiger partial charge in [0.1, 0.15) is 0 Å². The van der Waals surface area contributed by atoms with Crippen molar-refractivity contribution >= 4 is 33.2 Å². The largest absolute Gasteiger partial charge is 0.345 e. The highest BCUT2D eigenvalue weighted by molar-refractivity contribution is 9.11. The molecule has 0 aliphatic carbocycles. The van der Waals surface area contributed by atoms with E-state index in [-0.39, 0.29) is 11.9 Å². The Kier molecular flexibility index (Phi) is 4.77. The Hall–Kier alpha value is -1.13. The maximum atomic E-state index is 12.0. The van der Waals surface area contributed by atoms with Gasteiger partial charge in [-0.05, 0) is 46.5 Å². The van der Waals surface area contributed by atoms with E-state index in [1.54, 1.807) is 0 Å². The van der Waals surface area contributed by atoms with E-state index in [1.807, 2.05) is 18.4 Å². The van der Waals surface area contributed by atoms with Crippen molar-refractivity contribution in [1.29, 1.82) is 0 Å². The first-order valence-electron chi connectivity index (χ1n) is 6.24. The molecule has 0 saturated heterocycles. The molecule has 0 bridgehead atoms. The maximum absolute atomic E-state index is 12.0. The minimum atomic E-state index is -0.0333. The summed E-state index contributed by atoms with van der Waals surface area (Å²) in [4.78, 5) is 12.0. The molecule has 1 aromatic heterocycles. The van der Waals surface area contributed by atoms with Crippen LogP contribution in [-0.2, 0) is 6.42 Å². The molecule has 1 unspecified atom stereocenters. The number of benzene rings is 1. The van der Waals surface area contributed by atoms with Gasteiger partial charge < -0.3 is 5.32 Å². The van der Waals surface area contributed by atoms with Gasteiger partial charge in [0, 0.05) is 5.38 Å². The summed E-state index contributed by atoms with van der Waals surface area (Å²) in [7, 11) is 0. The lowest BCUT2D eigenvalue weighted by molar-refractivity contribution is 0.0940. The topological polar surface area (TPSA) is 29.1 Å². The van der Waals surface area contributed by atoms with E-state index in [2.05, 4.69) is 52.4 Å². The first kappa shape index (κ1) is 14.3. The number of carbonyl (C=O) groups excluding carboxylic acids is 1. The molecule has 2 aromatic rings. The van der Waals surface area contributed by atoms with Gasteiger partial charge in [-0.1, -0.05) is 31.2 Å². The van der Waals surface area contributed by atoms with Gasteiger partial charge in [0.2, 0.25) is 0 Å². The predicted molar refractivity (Wildman–Crippen MR) is 83.7 cm³/mol. The zero-order valence-corrected chi connectivity index (χ0v) is 13.3. The van der Waals surface area contributed by atoms with Crippen molar-refractivity contribution in [3.63, 3.8) is 0 Å². The van der Waals surface area contributed by atoms with Crippen molar-refractivity contribution < 1.29 is 4.79 Å². The van der Waals surface area contributed by atoms with E-state index in [4.69, 9.17) is 0 Å². The van der Waals surface area contributed by atoms with Gasteiger partial charge in [-0.25, -0.2) is 0 Å². The maximum Gasteiger partial charge on any atom is 0.252 e. The lowest BCUT2D eigenvalue weighted by atomic mass is 10.0. The molecule has 100 valence electrons. The second-order valence-corrected chi connectivity index (χ2v) is 6.72. The van der Waals surface area contributed by atoms with Crippen LogP contribution in [0.1, 0.15) is 41.4 Å². The van der Waals surface area contributed by atoms with Crippen LogP contribution in [0, 0.1) is 0 Å². The van der Waals surface area contributed by atoms with Gasteiger partial charge >= 0.3 is 0 Å². The zero-order valence-electron chi connectivity index (χ0n) is 10.9. The standard InChI is InChI=1S/C15H16BrNOS/c1-3-11-4-6-12(7-5-11)10(2)17-15(18)13-8-14(16)19-9-13/h4-10H,3H2,1-2H3,(H,17,18). The Morgan fingerprint density at radius 3 is 2.58 bits per heavy atom. The monoisotopic (exact) mass is 337 g/mol. The molecule has 19 heavy (non-hydrogen) atoms. The molecular formula is C15H16BrNOS. The molecule has 1 amide bonds. The Balaban J connectivity index is 2.03. The smallest absolute Gasteiger partial charge is 0.252 e. The van der Waals surface area contributed by atoms with Gasteiger partial charge in [-0.15, -0.1) is 11.3 Å². The van der Waals surface area contributed by atoms with Crippen molar-refractivity contribution in [2.24, 2.45) is 0 Å². The molecule has 0 aliphatic rings. The van der Waals surface area contributed by atoms with Gasteiger partial charge in [0.15, 0.2) is 0 Å². The van der Waals surface area contributed by atoms with Crippen LogP contribution in [0.15, 0.2) is 39.5 Å². The summed E-state index contributed by atoms with van der Waals surface area (Å²) in [5.74, 6) is -0.0333. The van der Waals surface area contributed by atoms with E-state index in [9.17, 15) is 4.79 Å². The number of aryl methyl sites for hydroxylation is 1. The minimum Gasteiger partial charge on any atom is -0.345 e. The van der Waals surface area contributed by atoms with E-state index in [1.165, 1.54) is 16.9 Å². The Morgan fingerprint density at radius 1 is 1.37 bits per heavy atom. The fraction of sp³-hybridized carbons (Fsp3) is 0.267. The van der Waals surface area contributed by atoms with Crippen LogP contribution >= 0.6 is 27.3 Å². The first-order valence-corrected chi connectivity index (χ1v) is 7.91. The average molecular weight is 338 g/mol. The number of carbonyl (C=O) groups is 1. The quantitative estimate of drug-likeness (QED) is 0.870. The van der Waals surface area contributed by atoms with E-state index < -0.39 is 0 Å². The lowest BCUT2D eigenvalue weighted by Gasteiger charge is -2.14. The van der Waals surface area contributed by atoms with Crippen LogP contribution in [0.2, 0.25) is 0 Å². The van der Waals surface area contributed by atoms with Crippen molar-refractivity contribution in [3.8, 4) is 0 Å². The normalized spacial score (nSPS) is 12.2. The van der Waals surface area contributed by atoms with Gasteiger partial charge in [-0.3, -0.25) is 4.79 Å². The fourth-order valence-corrected chi connectivity index (χ4v) is 2.97. The van der Waals surface area contributed by atoms with Crippen LogP contribution in [0.25, 0.3) is 0 Å². The highest BCUT2D eigenvalue weighted by atomic mass is 79.9. The van der Waals surface area contributed by atoms with Crippen LogP contribution < -0.4 is 5.32 Å². The second kappa shape index (κ2) is 6.35. The fourth-order valence-electron chi connectivity index (χ4n) is 1.83. The summed E-state index contributed by atoms with van der Waals surface area (Å²) in [6, 6.07) is 10.2. The molecule has 1 aromatic carbocycles. The number of halogens is 1. The summed E-state index contributed by atoms with van der Waals surface area (Å²) in [6.07, 6.45) is 1.03. The number of rotatable bonds is 4. The summed E-state index contributed by atoms with van der Waals surface area (Å²) >= 11 is 4.88. The van der Waals surface area contributed by atoms with Crippen LogP contribution in [0.4, 0.5) is 0 Å². The predicted octanol–water partition coefficient (Wildman–Crippen LogP) is 4.56. The molecule has 0 aliphatic heterocycles. The molecule has 0 saturated carbocycles. The third-order valence-corrected chi connectivity index (χ3v) is 4.57. The van der Waals surface area contributed by atoms with Crippen LogP contribution in [-0.4, -0.2) is 5.91 Å². The molecule has 0 radical (unpaired) electrons. The van der Waals surface area contributed by atoms with Crippen molar-refractivity contribution in [2.45, 2.75) is 26.3 Å². The molecule has 2 rings (SSSR count). The van der Waals surface area contributed by atoms with E-state index >= 15 is 0 Å². The molecule has 2 nitrogen and oxygen atoms in total. The molecule has 1 N–H and O–H groups in total. The number of amides is 1. The molecule has 0 fully saturated rings. The van der Waals surface area contributed by atoms with Gasteiger partial charge in [-0.2, -0.15) is 0 Å². The zero-order chi connectivity index (χ0) is 13.8. The van der Waals surface area contributed by atoms with Crippen LogP contribution in [0.5, 0.6) is 0 Å². The number of hydrogen-bond acceptors (Lipinski definition) is 2. The van der Waals surface area contributed by atoms with Crippen LogP contribution in [0.3, 0.4) is 0 Å². The van der Waals surface area contributed by atoms with Crippen molar-refractivity contribution in [2.75, 3.05) is 0 Å². The summed E-state index contributed by atoms with van der Waals surface area (Å²) in [5.41, 5.74) is 3.14. The summed E-state index contributed by atoms with van der Waals surface area (Å²) in [5, 5.41) is 4.86. The molecule has 0 spiro atoms. The number of thiophene rings is 1. The Morgan fingerprint density at radius 2 is 2.05 bits per heavy atom. The molecule has 1 heterocycles. The third-order valence-electron chi connectivity index (χ3n) is 3.07. The second-order valence-electron chi connectivity index (χ2n) is 4.43. The SMILES string of the molecule is CCc1ccc(C(C)NC(=O)c2csc(Br)c2)cc1. The summed E-state index contributed by atoms with van der Waals surface area (Å²) in [6.45, 7) is 4.13. The highest BCUT2D eigenvalue weighted by Gasteiger charge is 2.12. The van der Waals surface area contributed by atoms with Gasteiger partial charge in [0.25, 0.3) is 5.91 Å². The van der Waals surface area contributed by atoms with E-state index in [0.717, 1.165) is 15.8 Å². The van der Waals surface area contributed by atoms with Gasteiger partial charge in [0.05, 0.1) is 15.4 Å². The van der Waals surface area contributed by atoms with E-state index in [0.29, 0.717) is 5.56 Å². The average Bonchev–Trinajstić information content (AvgIpc) is 2.85. The number of nitrogens with one attached hydrogen (secondary N) is 1. The molecular weight excluding hydrogens is 322 g/mol. The Labute approximate surface area is 126 Å². The molecule has 1 atom stereocenters. The highest BCUT2D eigenvalue weighted by Crippen LogP contribution is 2.21. The summed E-state index contributed by atoms with van der Waals surface area (Å²) < 4.78 is 0.970. The lowest BCUT2D eigenvalue weighted by Crippen LogP contribution is -2.26.